The maximum atomic E-state index is 14.1. The summed E-state index contributed by atoms with van der Waals surface area (Å²) in [5, 5.41) is 27.4. The Morgan fingerprint density at radius 2 is 1.94 bits per heavy atom. The molecule has 1 aliphatic rings. The Hall–Kier alpha value is -1.38. The van der Waals surface area contributed by atoms with Gasteiger partial charge in [0.15, 0.2) is 0 Å². The molecule has 0 atom stereocenters. The molecule has 0 heterocycles. The molecule has 0 spiro atoms. The summed E-state index contributed by atoms with van der Waals surface area (Å²) < 4.78 is 14.1. The molecule has 0 saturated heterocycles. The van der Waals surface area contributed by atoms with Crippen LogP contribution in [0.3, 0.4) is 0 Å². The van der Waals surface area contributed by atoms with E-state index < -0.39 is 18.4 Å². The average Bonchev–Trinajstić information content (AvgIpc) is 2.78. The van der Waals surface area contributed by atoms with Crippen molar-refractivity contribution in [2.75, 3.05) is 0 Å². The van der Waals surface area contributed by atoms with Crippen LogP contribution >= 0.6 is 0 Å². The van der Waals surface area contributed by atoms with Crippen LogP contribution in [-0.4, -0.2) is 17.2 Å². The summed E-state index contributed by atoms with van der Waals surface area (Å²) in [6, 6.07) is 6.65. The fraction of sp³-hybridized carbons (Fsp3) is 0.417. The highest BCUT2D eigenvalue weighted by molar-refractivity contribution is 6.58. The van der Waals surface area contributed by atoms with Crippen LogP contribution in [0.4, 0.5) is 4.39 Å². The van der Waals surface area contributed by atoms with Gasteiger partial charge in [-0.05, 0) is 12.8 Å². The molecule has 2 N–H and O–H groups in total. The van der Waals surface area contributed by atoms with Gasteiger partial charge < -0.3 is 10.0 Å². The van der Waals surface area contributed by atoms with Gasteiger partial charge in [0.25, 0.3) is 0 Å². The SMILES string of the molecule is N#CC1(c2cccc(B(O)O)c2F)CCCC1. The van der Waals surface area contributed by atoms with Crippen molar-refractivity contribution in [3.05, 3.63) is 29.6 Å². The van der Waals surface area contributed by atoms with E-state index in [0.29, 0.717) is 18.4 Å². The maximum Gasteiger partial charge on any atom is 0.491 e. The molecule has 5 heteroatoms. The Morgan fingerprint density at radius 3 is 2.47 bits per heavy atom. The zero-order valence-electron chi connectivity index (χ0n) is 9.36. The van der Waals surface area contributed by atoms with Crippen molar-refractivity contribution in [2.45, 2.75) is 31.1 Å². The molecule has 0 aliphatic heterocycles. The first-order valence-electron chi connectivity index (χ1n) is 5.67. The second-order valence-electron chi connectivity index (χ2n) is 4.48. The molecule has 3 nitrogen and oxygen atoms in total. The van der Waals surface area contributed by atoms with Crippen LogP contribution < -0.4 is 5.46 Å². The van der Waals surface area contributed by atoms with Crippen molar-refractivity contribution in [3.63, 3.8) is 0 Å². The van der Waals surface area contributed by atoms with Crippen molar-refractivity contribution < 1.29 is 14.4 Å². The van der Waals surface area contributed by atoms with E-state index in [0.717, 1.165) is 12.8 Å². The third kappa shape index (κ3) is 1.94. The van der Waals surface area contributed by atoms with Crippen molar-refractivity contribution in [3.8, 4) is 6.07 Å². The predicted octanol–water partition coefficient (Wildman–Crippen LogP) is 0.841. The largest absolute Gasteiger partial charge is 0.491 e. The number of halogens is 1. The zero-order chi connectivity index (χ0) is 12.5. The van der Waals surface area contributed by atoms with Crippen molar-refractivity contribution in [2.24, 2.45) is 0 Å². The van der Waals surface area contributed by atoms with E-state index in [-0.39, 0.29) is 5.46 Å². The summed E-state index contributed by atoms with van der Waals surface area (Å²) in [6.45, 7) is 0. The van der Waals surface area contributed by atoms with Crippen LogP contribution in [0, 0.1) is 17.1 Å². The van der Waals surface area contributed by atoms with Gasteiger partial charge in [-0.25, -0.2) is 4.39 Å². The predicted molar refractivity (Wildman–Crippen MR) is 62.0 cm³/mol. The summed E-state index contributed by atoms with van der Waals surface area (Å²) in [6.07, 6.45) is 3.06. The number of hydrogen-bond acceptors (Lipinski definition) is 3. The normalized spacial score (nSPS) is 17.8. The van der Waals surface area contributed by atoms with Crippen molar-refractivity contribution in [1.29, 1.82) is 5.26 Å². The van der Waals surface area contributed by atoms with E-state index >= 15 is 0 Å². The van der Waals surface area contributed by atoms with Gasteiger partial charge in [-0.15, -0.1) is 0 Å². The molecule has 1 fully saturated rings. The minimum Gasteiger partial charge on any atom is -0.423 e. The van der Waals surface area contributed by atoms with E-state index in [9.17, 15) is 9.65 Å². The maximum absolute atomic E-state index is 14.1. The molecule has 1 aliphatic carbocycles. The summed E-state index contributed by atoms with van der Waals surface area (Å²) in [4.78, 5) is 0. The van der Waals surface area contributed by atoms with Gasteiger partial charge in [0, 0.05) is 11.0 Å². The second-order valence-corrected chi connectivity index (χ2v) is 4.48. The summed E-state index contributed by atoms with van der Waals surface area (Å²) in [7, 11) is -1.84. The Morgan fingerprint density at radius 1 is 1.29 bits per heavy atom. The lowest BCUT2D eigenvalue weighted by molar-refractivity contribution is 0.421. The smallest absolute Gasteiger partial charge is 0.423 e. The molecule has 0 amide bonds. The zero-order valence-corrected chi connectivity index (χ0v) is 9.36. The first-order valence-corrected chi connectivity index (χ1v) is 5.67. The van der Waals surface area contributed by atoms with Crippen LogP contribution in [0.5, 0.6) is 0 Å². The highest BCUT2D eigenvalue weighted by atomic mass is 19.1. The molecule has 0 bridgehead atoms. The van der Waals surface area contributed by atoms with Crippen molar-refractivity contribution in [1.82, 2.24) is 0 Å². The third-order valence-corrected chi connectivity index (χ3v) is 3.49. The first kappa shape index (κ1) is 12.1. The van der Waals surface area contributed by atoms with E-state index in [2.05, 4.69) is 6.07 Å². The van der Waals surface area contributed by atoms with Crippen LogP contribution in [-0.2, 0) is 5.41 Å². The monoisotopic (exact) mass is 233 g/mol. The van der Waals surface area contributed by atoms with Crippen molar-refractivity contribution >= 4 is 12.6 Å². The minimum atomic E-state index is -1.84. The van der Waals surface area contributed by atoms with Crippen LogP contribution in [0.15, 0.2) is 18.2 Å². The number of hydrogen-bond donors (Lipinski definition) is 2. The van der Waals surface area contributed by atoms with Gasteiger partial charge >= 0.3 is 7.12 Å². The van der Waals surface area contributed by atoms with E-state index in [4.69, 9.17) is 10.0 Å². The van der Waals surface area contributed by atoms with Gasteiger partial charge in [0.05, 0.1) is 11.5 Å². The Balaban J connectivity index is 2.53. The van der Waals surface area contributed by atoms with Gasteiger partial charge in [-0.3, -0.25) is 0 Å². The quantitative estimate of drug-likeness (QED) is 0.744. The topological polar surface area (TPSA) is 64.2 Å². The lowest BCUT2D eigenvalue weighted by Crippen LogP contribution is -2.35. The van der Waals surface area contributed by atoms with Crippen LogP contribution in [0.1, 0.15) is 31.2 Å². The lowest BCUT2D eigenvalue weighted by Gasteiger charge is -2.22. The lowest BCUT2D eigenvalue weighted by atomic mass is 9.73. The standard InChI is InChI=1S/C12H13BFNO2/c14-11-9(4-3-5-10(11)13(16)17)12(8-15)6-1-2-7-12/h3-5,16-17H,1-2,6-7H2. The van der Waals surface area contributed by atoms with Crippen LogP contribution in [0.2, 0.25) is 0 Å². The van der Waals surface area contributed by atoms with Gasteiger partial charge in [0.1, 0.15) is 5.82 Å². The number of nitriles is 1. The van der Waals surface area contributed by atoms with Crippen LogP contribution in [0.25, 0.3) is 0 Å². The summed E-state index contributed by atoms with van der Waals surface area (Å²) >= 11 is 0. The highest BCUT2D eigenvalue weighted by Crippen LogP contribution is 2.41. The fourth-order valence-corrected chi connectivity index (χ4v) is 2.54. The number of rotatable bonds is 2. The molecule has 0 radical (unpaired) electrons. The Kier molecular flexibility index (Phi) is 3.18. The minimum absolute atomic E-state index is 0.163. The third-order valence-electron chi connectivity index (χ3n) is 3.49. The molecule has 2 rings (SSSR count). The molecular formula is C12H13BFNO2. The van der Waals surface area contributed by atoms with E-state index in [1.807, 2.05) is 0 Å². The first-order chi connectivity index (χ1) is 8.10. The summed E-state index contributed by atoms with van der Waals surface area (Å²) in [5.41, 5.74) is -0.665. The molecule has 17 heavy (non-hydrogen) atoms. The van der Waals surface area contributed by atoms with Gasteiger partial charge in [0.2, 0.25) is 0 Å². The van der Waals surface area contributed by atoms with Gasteiger partial charge in [-0.1, -0.05) is 31.0 Å². The number of nitrogens with zero attached hydrogens (tertiary/aromatic N) is 1. The molecule has 1 aromatic carbocycles. The Labute approximate surface area is 99.7 Å². The molecular weight excluding hydrogens is 220 g/mol. The van der Waals surface area contributed by atoms with E-state index in [1.165, 1.54) is 6.07 Å². The molecule has 1 saturated carbocycles. The fourth-order valence-electron chi connectivity index (χ4n) is 2.54. The second kappa shape index (κ2) is 4.48. The van der Waals surface area contributed by atoms with E-state index in [1.54, 1.807) is 12.1 Å². The molecule has 1 aromatic rings. The molecule has 0 aromatic heterocycles. The average molecular weight is 233 g/mol. The summed E-state index contributed by atoms with van der Waals surface area (Å²) in [5.74, 6) is -0.661. The molecule has 88 valence electrons. The van der Waals surface area contributed by atoms with Gasteiger partial charge in [-0.2, -0.15) is 5.26 Å². The number of benzene rings is 1. The Bertz CT molecular complexity index is 464. The highest BCUT2D eigenvalue weighted by Gasteiger charge is 2.39. The molecule has 0 unspecified atom stereocenters.